The molecule has 1 amide bonds. The van der Waals surface area contributed by atoms with E-state index in [1.54, 1.807) is 23.1 Å². The number of carbonyl (C=O) groups excluding carboxylic acids is 1. The fourth-order valence-electron chi connectivity index (χ4n) is 2.19. The van der Waals surface area contributed by atoms with Gasteiger partial charge in [0, 0.05) is 6.54 Å². The van der Waals surface area contributed by atoms with E-state index >= 15 is 0 Å². The van der Waals surface area contributed by atoms with Gasteiger partial charge in [-0.05, 0) is 31.5 Å². The molecule has 1 atom stereocenters. The molecule has 1 heterocycles. The van der Waals surface area contributed by atoms with Crippen molar-refractivity contribution in [2.45, 2.75) is 18.9 Å². The van der Waals surface area contributed by atoms with Crippen molar-refractivity contribution < 1.29 is 9.53 Å². The van der Waals surface area contributed by atoms with Crippen LogP contribution in [0.15, 0.2) is 24.3 Å². The molecule has 19 heavy (non-hydrogen) atoms. The Morgan fingerprint density at radius 2 is 2.26 bits per heavy atom. The Labute approximate surface area is 112 Å². The molecule has 0 saturated carbocycles. The Bertz CT molecular complexity index is 496. The largest absolute Gasteiger partial charge is 0.367 e. The molecule has 0 radical (unpaired) electrons. The van der Waals surface area contributed by atoms with Crippen LogP contribution in [-0.4, -0.2) is 31.7 Å². The summed E-state index contributed by atoms with van der Waals surface area (Å²) in [4.78, 5) is 14.0. The van der Waals surface area contributed by atoms with Crippen molar-refractivity contribution in [3.05, 3.63) is 29.8 Å². The zero-order valence-electron chi connectivity index (χ0n) is 10.7. The van der Waals surface area contributed by atoms with E-state index in [9.17, 15) is 4.79 Å². The first-order chi connectivity index (χ1) is 9.27. The highest BCUT2D eigenvalue weighted by atomic mass is 16.5. The standard InChI is InChI=1S/C14H17N3O2/c15-7-3-6-13-14(18)17(8-9-19-13)12-5-2-1-4-11(12)10-16/h1-2,4-5,13H,3,6-9,15H2. The molecular weight excluding hydrogens is 242 g/mol. The van der Waals surface area contributed by atoms with Gasteiger partial charge in [0.05, 0.1) is 17.9 Å². The Hall–Kier alpha value is -1.90. The van der Waals surface area contributed by atoms with E-state index in [1.807, 2.05) is 6.07 Å². The SMILES string of the molecule is N#Cc1ccccc1N1CCOC(CCCN)C1=O. The number of hydrogen-bond donors (Lipinski definition) is 1. The zero-order valence-corrected chi connectivity index (χ0v) is 10.7. The number of nitrogens with zero attached hydrogens (tertiary/aromatic N) is 2. The molecule has 1 aliphatic heterocycles. The zero-order chi connectivity index (χ0) is 13.7. The Morgan fingerprint density at radius 1 is 1.47 bits per heavy atom. The summed E-state index contributed by atoms with van der Waals surface area (Å²) >= 11 is 0. The third-order valence-electron chi connectivity index (χ3n) is 3.16. The van der Waals surface area contributed by atoms with Crippen molar-refractivity contribution >= 4 is 11.6 Å². The predicted molar refractivity (Wildman–Crippen MR) is 71.5 cm³/mol. The van der Waals surface area contributed by atoms with Gasteiger partial charge in [0.1, 0.15) is 12.2 Å². The Kier molecular flexibility index (Phi) is 4.50. The van der Waals surface area contributed by atoms with Crippen LogP contribution in [0.5, 0.6) is 0 Å². The third-order valence-corrected chi connectivity index (χ3v) is 3.16. The number of ether oxygens (including phenoxy) is 1. The molecule has 1 aromatic carbocycles. The first-order valence-electron chi connectivity index (χ1n) is 6.40. The lowest BCUT2D eigenvalue weighted by Crippen LogP contribution is -2.48. The molecule has 1 unspecified atom stereocenters. The maximum atomic E-state index is 12.4. The summed E-state index contributed by atoms with van der Waals surface area (Å²) in [5, 5.41) is 9.11. The molecular formula is C14H17N3O2. The normalized spacial score (nSPS) is 19.3. The summed E-state index contributed by atoms with van der Waals surface area (Å²) in [5.41, 5.74) is 6.63. The molecule has 0 bridgehead atoms. The second-order valence-corrected chi connectivity index (χ2v) is 4.41. The number of nitriles is 1. The number of morpholine rings is 1. The number of benzene rings is 1. The minimum Gasteiger partial charge on any atom is -0.367 e. The molecule has 0 aromatic heterocycles. The van der Waals surface area contributed by atoms with Crippen molar-refractivity contribution in [3.8, 4) is 6.07 Å². The molecule has 1 fully saturated rings. The highest BCUT2D eigenvalue weighted by Crippen LogP contribution is 2.24. The first kappa shape index (κ1) is 13.5. The van der Waals surface area contributed by atoms with Crippen LogP contribution in [0, 0.1) is 11.3 Å². The second-order valence-electron chi connectivity index (χ2n) is 4.41. The Morgan fingerprint density at radius 3 is 3.00 bits per heavy atom. The van der Waals surface area contributed by atoms with E-state index in [1.165, 1.54) is 0 Å². The average Bonchev–Trinajstić information content (AvgIpc) is 2.46. The van der Waals surface area contributed by atoms with Crippen LogP contribution in [0.1, 0.15) is 18.4 Å². The van der Waals surface area contributed by atoms with Gasteiger partial charge >= 0.3 is 0 Å². The lowest BCUT2D eigenvalue weighted by molar-refractivity contribution is -0.134. The predicted octanol–water partition coefficient (Wildman–Crippen LogP) is 1.03. The maximum absolute atomic E-state index is 12.4. The van der Waals surface area contributed by atoms with Crippen molar-refractivity contribution in [2.24, 2.45) is 5.73 Å². The average molecular weight is 259 g/mol. The quantitative estimate of drug-likeness (QED) is 0.875. The van der Waals surface area contributed by atoms with E-state index in [4.69, 9.17) is 15.7 Å². The summed E-state index contributed by atoms with van der Waals surface area (Å²) in [6, 6.07) is 9.24. The van der Waals surface area contributed by atoms with Gasteiger partial charge in [-0.3, -0.25) is 4.79 Å². The number of para-hydroxylation sites is 1. The van der Waals surface area contributed by atoms with E-state index in [0.717, 1.165) is 6.42 Å². The second kappa shape index (κ2) is 6.32. The summed E-state index contributed by atoms with van der Waals surface area (Å²) < 4.78 is 5.49. The minimum atomic E-state index is -0.441. The van der Waals surface area contributed by atoms with Gasteiger partial charge in [-0.15, -0.1) is 0 Å². The van der Waals surface area contributed by atoms with E-state index in [2.05, 4.69) is 6.07 Å². The van der Waals surface area contributed by atoms with Crippen molar-refractivity contribution in [3.63, 3.8) is 0 Å². The molecule has 2 N–H and O–H groups in total. The molecule has 1 aromatic rings. The van der Waals surface area contributed by atoms with Gasteiger partial charge in [0.2, 0.25) is 0 Å². The van der Waals surface area contributed by atoms with Gasteiger partial charge in [-0.1, -0.05) is 12.1 Å². The van der Waals surface area contributed by atoms with Gasteiger partial charge in [-0.2, -0.15) is 5.26 Å². The van der Waals surface area contributed by atoms with E-state index < -0.39 is 6.10 Å². The van der Waals surface area contributed by atoms with Crippen LogP contribution >= 0.6 is 0 Å². The smallest absolute Gasteiger partial charge is 0.256 e. The van der Waals surface area contributed by atoms with Crippen LogP contribution in [0.4, 0.5) is 5.69 Å². The van der Waals surface area contributed by atoms with Crippen molar-refractivity contribution in [1.29, 1.82) is 5.26 Å². The molecule has 5 nitrogen and oxygen atoms in total. The summed E-state index contributed by atoms with van der Waals surface area (Å²) in [5.74, 6) is -0.0811. The molecule has 2 rings (SSSR count). The van der Waals surface area contributed by atoms with Crippen LogP contribution in [0.2, 0.25) is 0 Å². The number of anilines is 1. The summed E-state index contributed by atoms with van der Waals surface area (Å²) in [6.45, 7) is 1.51. The maximum Gasteiger partial charge on any atom is 0.256 e. The fourth-order valence-corrected chi connectivity index (χ4v) is 2.19. The van der Waals surface area contributed by atoms with Gasteiger partial charge in [0.15, 0.2) is 0 Å². The van der Waals surface area contributed by atoms with Crippen LogP contribution in [-0.2, 0) is 9.53 Å². The van der Waals surface area contributed by atoms with E-state index in [-0.39, 0.29) is 5.91 Å². The molecule has 0 aliphatic carbocycles. The minimum absolute atomic E-state index is 0.0811. The summed E-state index contributed by atoms with van der Waals surface area (Å²) in [6.07, 6.45) is 0.939. The van der Waals surface area contributed by atoms with Crippen molar-refractivity contribution in [1.82, 2.24) is 0 Å². The number of hydrogen-bond acceptors (Lipinski definition) is 4. The fraction of sp³-hybridized carbons (Fsp3) is 0.429. The third kappa shape index (κ3) is 2.92. The monoisotopic (exact) mass is 259 g/mol. The first-order valence-corrected chi connectivity index (χ1v) is 6.40. The molecule has 100 valence electrons. The summed E-state index contributed by atoms with van der Waals surface area (Å²) in [7, 11) is 0. The van der Waals surface area contributed by atoms with Gasteiger partial charge in [-0.25, -0.2) is 0 Å². The van der Waals surface area contributed by atoms with E-state index in [0.29, 0.717) is 37.4 Å². The highest BCUT2D eigenvalue weighted by Gasteiger charge is 2.30. The Balaban J connectivity index is 2.20. The van der Waals surface area contributed by atoms with Gasteiger partial charge in [0.25, 0.3) is 5.91 Å². The van der Waals surface area contributed by atoms with Gasteiger partial charge < -0.3 is 15.4 Å². The number of rotatable bonds is 4. The number of carbonyl (C=O) groups is 1. The molecule has 0 spiro atoms. The molecule has 1 aliphatic rings. The van der Waals surface area contributed by atoms with Crippen LogP contribution in [0.3, 0.4) is 0 Å². The van der Waals surface area contributed by atoms with Crippen LogP contribution < -0.4 is 10.6 Å². The lowest BCUT2D eigenvalue weighted by atomic mass is 10.1. The number of nitrogens with two attached hydrogens (primary N) is 1. The topological polar surface area (TPSA) is 79.3 Å². The molecule has 1 saturated heterocycles. The van der Waals surface area contributed by atoms with Crippen LogP contribution in [0.25, 0.3) is 0 Å². The molecule has 5 heteroatoms. The lowest BCUT2D eigenvalue weighted by Gasteiger charge is -2.32. The highest BCUT2D eigenvalue weighted by molar-refractivity contribution is 5.98. The number of amides is 1. The van der Waals surface area contributed by atoms with Crippen molar-refractivity contribution in [2.75, 3.05) is 24.6 Å².